The highest BCUT2D eigenvalue weighted by atomic mass is 16.5. The highest BCUT2D eigenvalue weighted by molar-refractivity contribution is 5.93. The lowest BCUT2D eigenvalue weighted by atomic mass is 10.0. The predicted molar refractivity (Wildman–Crippen MR) is 107 cm³/mol. The maximum absolute atomic E-state index is 6.08. The SMILES string of the molecule is CCc1cccc(CC)c1NC(N)=NCCc1noc(-c2ccccn2)n1. The number of nitrogens with two attached hydrogens (primary N) is 1. The number of nitrogens with one attached hydrogen (secondary N) is 1. The van der Waals surface area contributed by atoms with Crippen LogP contribution in [0.5, 0.6) is 0 Å². The Balaban J connectivity index is 1.62. The minimum absolute atomic E-state index is 0.388. The maximum atomic E-state index is 6.08. The molecule has 0 unspecified atom stereocenters. The molecule has 0 bridgehead atoms. The van der Waals surface area contributed by atoms with Gasteiger partial charge in [0.1, 0.15) is 5.69 Å². The molecule has 0 spiro atoms. The van der Waals surface area contributed by atoms with Gasteiger partial charge in [-0.1, -0.05) is 43.3 Å². The van der Waals surface area contributed by atoms with E-state index in [9.17, 15) is 0 Å². The lowest BCUT2D eigenvalue weighted by molar-refractivity contribution is 0.421. The number of anilines is 1. The van der Waals surface area contributed by atoms with Crippen LogP contribution in [0.4, 0.5) is 5.69 Å². The van der Waals surface area contributed by atoms with Crippen molar-refractivity contribution in [3.8, 4) is 11.6 Å². The molecule has 140 valence electrons. The van der Waals surface area contributed by atoms with Gasteiger partial charge in [-0.2, -0.15) is 4.98 Å². The zero-order valence-electron chi connectivity index (χ0n) is 15.6. The van der Waals surface area contributed by atoms with Crippen LogP contribution >= 0.6 is 0 Å². The molecule has 0 aliphatic rings. The highest BCUT2D eigenvalue weighted by Crippen LogP contribution is 2.22. The van der Waals surface area contributed by atoms with Crippen LogP contribution in [0.1, 0.15) is 30.8 Å². The number of hydrogen-bond acceptors (Lipinski definition) is 5. The second-order valence-corrected chi connectivity index (χ2v) is 6.03. The van der Waals surface area contributed by atoms with E-state index in [4.69, 9.17) is 10.3 Å². The van der Waals surface area contributed by atoms with Gasteiger partial charge in [-0.05, 0) is 36.1 Å². The Hall–Kier alpha value is -3.22. The van der Waals surface area contributed by atoms with Gasteiger partial charge in [0.2, 0.25) is 0 Å². The summed E-state index contributed by atoms with van der Waals surface area (Å²) in [4.78, 5) is 12.9. The first-order valence-electron chi connectivity index (χ1n) is 9.13. The van der Waals surface area contributed by atoms with E-state index in [1.165, 1.54) is 11.1 Å². The van der Waals surface area contributed by atoms with Gasteiger partial charge in [0.25, 0.3) is 5.89 Å². The number of benzene rings is 1. The molecule has 0 saturated heterocycles. The Kier molecular flexibility index (Phi) is 6.14. The van der Waals surface area contributed by atoms with Crippen molar-refractivity contribution < 1.29 is 4.52 Å². The number of aromatic nitrogens is 3. The number of aliphatic imine (C=N–C) groups is 1. The minimum Gasteiger partial charge on any atom is -0.370 e. The second-order valence-electron chi connectivity index (χ2n) is 6.03. The number of hydrogen-bond donors (Lipinski definition) is 2. The quantitative estimate of drug-likeness (QED) is 0.493. The molecule has 2 aromatic heterocycles. The normalized spacial score (nSPS) is 11.6. The molecule has 0 amide bonds. The summed E-state index contributed by atoms with van der Waals surface area (Å²) < 4.78 is 5.25. The van der Waals surface area contributed by atoms with Crippen LogP contribution in [-0.4, -0.2) is 27.6 Å². The van der Waals surface area contributed by atoms with E-state index in [0.29, 0.717) is 36.3 Å². The highest BCUT2D eigenvalue weighted by Gasteiger charge is 2.10. The van der Waals surface area contributed by atoms with E-state index in [1.54, 1.807) is 6.20 Å². The molecule has 0 aliphatic carbocycles. The summed E-state index contributed by atoms with van der Waals surface area (Å²) in [7, 11) is 0. The average Bonchev–Trinajstić information content (AvgIpc) is 3.17. The van der Waals surface area contributed by atoms with E-state index in [1.807, 2.05) is 18.2 Å². The Morgan fingerprint density at radius 3 is 2.56 bits per heavy atom. The van der Waals surface area contributed by atoms with Gasteiger partial charge in [-0.3, -0.25) is 9.98 Å². The first-order valence-corrected chi connectivity index (χ1v) is 9.13. The number of para-hydroxylation sites is 1. The summed E-state index contributed by atoms with van der Waals surface area (Å²) in [6, 6.07) is 11.8. The Bertz CT molecular complexity index is 882. The first-order chi connectivity index (χ1) is 13.2. The van der Waals surface area contributed by atoms with Crippen molar-refractivity contribution in [1.82, 2.24) is 15.1 Å². The fourth-order valence-corrected chi connectivity index (χ4v) is 2.80. The zero-order chi connectivity index (χ0) is 19.1. The van der Waals surface area contributed by atoms with Gasteiger partial charge in [0.05, 0.1) is 0 Å². The standard InChI is InChI=1S/C20H24N6O/c1-3-14-8-7-9-15(4-2)18(14)25-20(21)23-13-11-17-24-19(27-26-17)16-10-5-6-12-22-16/h5-10,12H,3-4,11,13H2,1-2H3,(H3,21,23,25). The Labute approximate surface area is 158 Å². The van der Waals surface area contributed by atoms with Crippen molar-refractivity contribution in [3.63, 3.8) is 0 Å². The molecule has 3 N–H and O–H groups in total. The van der Waals surface area contributed by atoms with E-state index in [0.717, 1.165) is 18.5 Å². The third-order valence-electron chi connectivity index (χ3n) is 4.22. The summed E-state index contributed by atoms with van der Waals surface area (Å²) >= 11 is 0. The largest absolute Gasteiger partial charge is 0.370 e. The topological polar surface area (TPSA) is 102 Å². The number of guanidine groups is 1. The molecule has 27 heavy (non-hydrogen) atoms. The lowest BCUT2D eigenvalue weighted by Crippen LogP contribution is -2.24. The fraction of sp³-hybridized carbons (Fsp3) is 0.300. The molecular weight excluding hydrogens is 340 g/mol. The van der Waals surface area contributed by atoms with Crippen molar-refractivity contribution in [2.75, 3.05) is 11.9 Å². The minimum atomic E-state index is 0.388. The molecule has 2 heterocycles. The van der Waals surface area contributed by atoms with Crippen molar-refractivity contribution in [1.29, 1.82) is 0 Å². The first kappa shape index (κ1) is 18.6. The van der Waals surface area contributed by atoms with Gasteiger partial charge >= 0.3 is 0 Å². The van der Waals surface area contributed by atoms with Gasteiger partial charge in [-0.25, -0.2) is 0 Å². The third kappa shape index (κ3) is 4.69. The van der Waals surface area contributed by atoms with E-state index in [2.05, 4.69) is 57.5 Å². The molecule has 0 fully saturated rings. The smallest absolute Gasteiger partial charge is 0.276 e. The summed E-state index contributed by atoms with van der Waals surface area (Å²) in [5, 5.41) is 7.22. The summed E-state index contributed by atoms with van der Waals surface area (Å²) in [5.41, 5.74) is 10.2. The van der Waals surface area contributed by atoms with Gasteiger partial charge in [0.15, 0.2) is 11.8 Å². The molecule has 3 aromatic rings. The van der Waals surface area contributed by atoms with Crippen LogP contribution < -0.4 is 11.1 Å². The number of nitrogens with zero attached hydrogens (tertiary/aromatic N) is 4. The number of aryl methyl sites for hydroxylation is 2. The molecule has 3 rings (SSSR count). The van der Waals surface area contributed by atoms with Crippen LogP contribution in [-0.2, 0) is 19.3 Å². The summed E-state index contributed by atoms with van der Waals surface area (Å²) in [6.45, 7) is 4.72. The zero-order valence-corrected chi connectivity index (χ0v) is 15.6. The predicted octanol–water partition coefficient (Wildman–Crippen LogP) is 3.23. The average molecular weight is 364 g/mol. The molecule has 0 atom stereocenters. The molecule has 7 nitrogen and oxygen atoms in total. The molecule has 1 aromatic carbocycles. The van der Waals surface area contributed by atoms with Crippen LogP contribution in [0.25, 0.3) is 11.6 Å². The van der Waals surface area contributed by atoms with Crippen molar-refractivity contribution in [2.24, 2.45) is 10.7 Å². The van der Waals surface area contributed by atoms with E-state index in [-0.39, 0.29) is 0 Å². The van der Waals surface area contributed by atoms with Crippen LogP contribution in [0, 0.1) is 0 Å². The van der Waals surface area contributed by atoms with Gasteiger partial charge < -0.3 is 15.6 Å². The second kappa shape index (κ2) is 8.93. The summed E-state index contributed by atoms with van der Waals surface area (Å²) in [6.07, 6.45) is 4.09. The van der Waals surface area contributed by atoms with E-state index < -0.39 is 0 Å². The molecule has 7 heteroatoms. The lowest BCUT2D eigenvalue weighted by Gasteiger charge is -2.14. The fourth-order valence-electron chi connectivity index (χ4n) is 2.80. The molecular formula is C20H24N6O. The van der Waals surface area contributed by atoms with Crippen LogP contribution in [0.2, 0.25) is 0 Å². The Morgan fingerprint density at radius 1 is 1.11 bits per heavy atom. The molecule has 0 aliphatic heterocycles. The monoisotopic (exact) mass is 364 g/mol. The van der Waals surface area contributed by atoms with Gasteiger partial charge in [0, 0.05) is 24.8 Å². The van der Waals surface area contributed by atoms with Crippen molar-refractivity contribution >= 4 is 11.6 Å². The maximum Gasteiger partial charge on any atom is 0.276 e. The van der Waals surface area contributed by atoms with Gasteiger partial charge in [-0.15, -0.1) is 0 Å². The van der Waals surface area contributed by atoms with E-state index >= 15 is 0 Å². The van der Waals surface area contributed by atoms with Crippen LogP contribution in [0.3, 0.4) is 0 Å². The third-order valence-corrected chi connectivity index (χ3v) is 4.22. The van der Waals surface area contributed by atoms with Crippen molar-refractivity contribution in [2.45, 2.75) is 33.1 Å². The molecule has 0 saturated carbocycles. The molecule has 0 radical (unpaired) electrons. The van der Waals surface area contributed by atoms with Crippen LogP contribution in [0.15, 0.2) is 52.1 Å². The number of pyridine rings is 1. The summed E-state index contributed by atoms with van der Waals surface area (Å²) in [5.74, 6) is 1.37. The Morgan fingerprint density at radius 2 is 1.89 bits per heavy atom. The number of rotatable bonds is 7. The van der Waals surface area contributed by atoms with Crippen molar-refractivity contribution in [3.05, 3.63) is 59.5 Å².